The van der Waals surface area contributed by atoms with E-state index in [1.807, 2.05) is 4.90 Å². The number of carbonyl (C=O) groups excluding carboxylic acids is 2. The maximum Gasteiger partial charge on any atom is 0.242 e. The third-order valence-electron chi connectivity index (χ3n) is 3.89. The van der Waals surface area contributed by atoms with Crippen LogP contribution < -0.4 is 5.32 Å². The van der Waals surface area contributed by atoms with E-state index in [1.165, 1.54) is 0 Å². The fourth-order valence-electron chi connectivity index (χ4n) is 2.64. The largest absolute Gasteiger partial charge is 0.340 e. The molecule has 0 saturated carbocycles. The minimum atomic E-state index is 0.101. The van der Waals surface area contributed by atoms with Crippen LogP contribution in [0, 0.1) is 5.92 Å². The molecule has 2 heterocycles. The Morgan fingerprint density at radius 2 is 2.22 bits per heavy atom. The molecule has 18 heavy (non-hydrogen) atoms. The second-order valence-corrected chi connectivity index (χ2v) is 5.24. The van der Waals surface area contributed by atoms with Crippen molar-refractivity contribution in [3.8, 4) is 0 Å². The highest BCUT2D eigenvalue weighted by molar-refractivity contribution is 5.86. The fourth-order valence-corrected chi connectivity index (χ4v) is 2.64. The smallest absolute Gasteiger partial charge is 0.242 e. The molecule has 0 aromatic rings. The minimum absolute atomic E-state index is 0.101. The quantitative estimate of drug-likeness (QED) is 0.774. The van der Waals surface area contributed by atoms with Gasteiger partial charge in [-0.1, -0.05) is 13.3 Å². The first-order chi connectivity index (χ1) is 8.70. The average Bonchev–Trinajstić information content (AvgIpc) is 2.59. The summed E-state index contributed by atoms with van der Waals surface area (Å²) in [6, 6.07) is 0. The summed E-state index contributed by atoms with van der Waals surface area (Å²) in [6.45, 7) is 6.54. The van der Waals surface area contributed by atoms with Crippen molar-refractivity contribution in [2.45, 2.75) is 26.2 Å². The van der Waals surface area contributed by atoms with Crippen LogP contribution in [0.15, 0.2) is 0 Å². The van der Waals surface area contributed by atoms with Crippen molar-refractivity contribution in [2.75, 3.05) is 39.3 Å². The molecule has 1 atom stereocenters. The van der Waals surface area contributed by atoms with Crippen molar-refractivity contribution in [1.29, 1.82) is 0 Å². The molecule has 0 bridgehead atoms. The summed E-state index contributed by atoms with van der Waals surface area (Å²) in [7, 11) is 0. The van der Waals surface area contributed by atoms with Crippen LogP contribution in [0.4, 0.5) is 0 Å². The Labute approximate surface area is 108 Å². The first-order valence-electron chi connectivity index (χ1n) is 6.97. The summed E-state index contributed by atoms with van der Waals surface area (Å²) in [5.74, 6) is 0.683. The highest BCUT2D eigenvalue weighted by atomic mass is 16.2. The zero-order valence-corrected chi connectivity index (χ0v) is 11.2. The minimum Gasteiger partial charge on any atom is -0.340 e. The zero-order valence-electron chi connectivity index (χ0n) is 11.2. The van der Waals surface area contributed by atoms with Gasteiger partial charge < -0.3 is 15.1 Å². The Morgan fingerprint density at radius 3 is 2.94 bits per heavy atom. The van der Waals surface area contributed by atoms with Gasteiger partial charge in [-0.2, -0.15) is 0 Å². The third kappa shape index (κ3) is 3.22. The van der Waals surface area contributed by atoms with E-state index in [9.17, 15) is 9.59 Å². The predicted octanol–water partition coefficient (Wildman–Crippen LogP) is 0.0668. The van der Waals surface area contributed by atoms with Crippen LogP contribution in [0.3, 0.4) is 0 Å². The number of hydrogen-bond donors (Lipinski definition) is 1. The summed E-state index contributed by atoms with van der Waals surface area (Å²) in [6.07, 6.45) is 2.63. The predicted molar refractivity (Wildman–Crippen MR) is 69.0 cm³/mol. The maximum absolute atomic E-state index is 12.2. The van der Waals surface area contributed by atoms with E-state index in [1.54, 1.807) is 4.90 Å². The SMILES string of the molecule is CCC1CC(=O)N(CC(=O)N2CCCNCC2)C1. The van der Waals surface area contributed by atoms with Crippen LogP contribution >= 0.6 is 0 Å². The molecule has 2 aliphatic heterocycles. The Bertz CT molecular complexity index is 311. The van der Waals surface area contributed by atoms with E-state index in [2.05, 4.69) is 12.2 Å². The number of rotatable bonds is 3. The first-order valence-corrected chi connectivity index (χ1v) is 6.97. The second kappa shape index (κ2) is 6.18. The molecule has 5 heteroatoms. The number of amides is 2. The molecule has 1 N–H and O–H groups in total. The lowest BCUT2D eigenvalue weighted by Gasteiger charge is -2.23. The van der Waals surface area contributed by atoms with E-state index in [4.69, 9.17) is 0 Å². The van der Waals surface area contributed by atoms with Crippen LogP contribution in [0.2, 0.25) is 0 Å². The lowest BCUT2D eigenvalue weighted by Crippen LogP contribution is -2.42. The summed E-state index contributed by atoms with van der Waals surface area (Å²) in [4.78, 5) is 27.5. The molecule has 2 rings (SSSR count). The lowest BCUT2D eigenvalue weighted by atomic mass is 10.1. The van der Waals surface area contributed by atoms with Gasteiger partial charge in [-0.3, -0.25) is 9.59 Å². The molecule has 0 aromatic carbocycles. The van der Waals surface area contributed by atoms with Crippen molar-refractivity contribution in [1.82, 2.24) is 15.1 Å². The molecule has 5 nitrogen and oxygen atoms in total. The molecule has 0 spiro atoms. The standard InChI is InChI=1S/C13H23N3O2/c1-2-11-8-12(17)16(9-11)10-13(18)15-6-3-4-14-5-7-15/h11,14H,2-10H2,1H3. The van der Waals surface area contributed by atoms with Crippen LogP contribution in [-0.2, 0) is 9.59 Å². The van der Waals surface area contributed by atoms with Crippen molar-refractivity contribution < 1.29 is 9.59 Å². The second-order valence-electron chi connectivity index (χ2n) is 5.24. The Hall–Kier alpha value is -1.10. The van der Waals surface area contributed by atoms with E-state index >= 15 is 0 Å². The molecular formula is C13H23N3O2. The average molecular weight is 253 g/mol. The van der Waals surface area contributed by atoms with Gasteiger partial charge in [0.2, 0.25) is 11.8 Å². The van der Waals surface area contributed by atoms with E-state index in [0.717, 1.165) is 45.6 Å². The number of carbonyl (C=O) groups is 2. The van der Waals surface area contributed by atoms with Gasteiger partial charge in [0.1, 0.15) is 0 Å². The number of nitrogens with zero attached hydrogens (tertiary/aromatic N) is 2. The molecule has 0 aliphatic carbocycles. The fraction of sp³-hybridized carbons (Fsp3) is 0.846. The van der Waals surface area contributed by atoms with Crippen molar-refractivity contribution in [2.24, 2.45) is 5.92 Å². The summed E-state index contributed by atoms with van der Waals surface area (Å²) < 4.78 is 0. The number of nitrogens with one attached hydrogen (secondary N) is 1. The molecule has 0 aromatic heterocycles. The van der Waals surface area contributed by atoms with Gasteiger partial charge in [-0.05, 0) is 18.9 Å². The van der Waals surface area contributed by atoms with Crippen LogP contribution in [0.1, 0.15) is 26.2 Å². The first kappa shape index (κ1) is 13.3. The van der Waals surface area contributed by atoms with Gasteiger partial charge in [0, 0.05) is 32.6 Å². The number of hydrogen-bond acceptors (Lipinski definition) is 3. The Balaban J connectivity index is 1.85. The maximum atomic E-state index is 12.2. The molecule has 1 unspecified atom stereocenters. The van der Waals surface area contributed by atoms with Crippen molar-refractivity contribution in [3.63, 3.8) is 0 Å². The highest BCUT2D eigenvalue weighted by Gasteiger charge is 2.30. The van der Waals surface area contributed by atoms with Crippen LogP contribution in [0.25, 0.3) is 0 Å². The number of likely N-dealkylation sites (tertiary alicyclic amines) is 1. The molecule has 102 valence electrons. The van der Waals surface area contributed by atoms with Gasteiger partial charge in [0.15, 0.2) is 0 Å². The van der Waals surface area contributed by atoms with Gasteiger partial charge in [-0.15, -0.1) is 0 Å². The zero-order chi connectivity index (χ0) is 13.0. The van der Waals surface area contributed by atoms with Gasteiger partial charge in [0.25, 0.3) is 0 Å². The summed E-state index contributed by atoms with van der Waals surface area (Å²) in [5.41, 5.74) is 0. The monoisotopic (exact) mass is 253 g/mol. The van der Waals surface area contributed by atoms with E-state index in [-0.39, 0.29) is 18.4 Å². The van der Waals surface area contributed by atoms with Crippen LogP contribution in [0.5, 0.6) is 0 Å². The van der Waals surface area contributed by atoms with Crippen LogP contribution in [-0.4, -0.2) is 60.9 Å². The van der Waals surface area contributed by atoms with Gasteiger partial charge in [-0.25, -0.2) is 0 Å². The summed E-state index contributed by atoms with van der Waals surface area (Å²) >= 11 is 0. The van der Waals surface area contributed by atoms with Crippen molar-refractivity contribution in [3.05, 3.63) is 0 Å². The highest BCUT2D eigenvalue weighted by Crippen LogP contribution is 2.20. The lowest BCUT2D eigenvalue weighted by molar-refractivity contribution is -0.138. The molecule has 2 saturated heterocycles. The van der Waals surface area contributed by atoms with Gasteiger partial charge in [0.05, 0.1) is 6.54 Å². The normalized spacial score (nSPS) is 25.4. The molecule has 2 amide bonds. The molecule has 2 fully saturated rings. The topological polar surface area (TPSA) is 52.7 Å². The van der Waals surface area contributed by atoms with Gasteiger partial charge >= 0.3 is 0 Å². The van der Waals surface area contributed by atoms with E-state index in [0.29, 0.717) is 12.3 Å². The Morgan fingerprint density at radius 1 is 1.39 bits per heavy atom. The van der Waals surface area contributed by atoms with Crippen molar-refractivity contribution >= 4 is 11.8 Å². The summed E-state index contributed by atoms with van der Waals surface area (Å²) in [5, 5.41) is 3.28. The third-order valence-corrected chi connectivity index (χ3v) is 3.89. The van der Waals surface area contributed by atoms with E-state index < -0.39 is 0 Å². The molecular weight excluding hydrogens is 230 g/mol. The molecule has 2 aliphatic rings. The molecule has 0 radical (unpaired) electrons. The Kier molecular flexibility index (Phi) is 4.58.